The molecule has 0 aliphatic heterocycles. The summed E-state index contributed by atoms with van der Waals surface area (Å²) in [6.07, 6.45) is 0.558. The fraction of sp³-hybridized carbons (Fsp3) is 0.429. The predicted molar refractivity (Wildman–Crippen MR) is 71.0 cm³/mol. The number of aliphatic carboxylic acids is 1. The zero-order chi connectivity index (χ0) is 14.3. The van der Waals surface area contributed by atoms with Gasteiger partial charge in [0.15, 0.2) is 0 Å². The number of benzene rings is 1. The second-order valence-corrected chi connectivity index (χ2v) is 4.23. The van der Waals surface area contributed by atoms with Crippen LogP contribution in [0.5, 0.6) is 5.75 Å². The molecule has 0 aliphatic carbocycles. The molecule has 0 saturated heterocycles. The topological polar surface area (TPSA) is 73.6 Å². The van der Waals surface area contributed by atoms with Crippen LogP contribution in [-0.4, -0.2) is 42.2 Å². The van der Waals surface area contributed by atoms with Crippen molar-refractivity contribution in [3.8, 4) is 11.8 Å². The van der Waals surface area contributed by atoms with Gasteiger partial charge in [0.25, 0.3) is 0 Å². The SMILES string of the molecule is CCC(C(=O)O)N(C)CCOc1ccc(C#N)cc1. The number of ether oxygens (including phenoxy) is 1. The highest BCUT2D eigenvalue weighted by atomic mass is 16.5. The fourth-order valence-electron chi connectivity index (χ4n) is 1.76. The molecule has 0 saturated carbocycles. The summed E-state index contributed by atoms with van der Waals surface area (Å²) in [7, 11) is 1.77. The third-order valence-corrected chi connectivity index (χ3v) is 2.90. The highest BCUT2D eigenvalue weighted by Crippen LogP contribution is 2.11. The molecule has 1 aromatic rings. The quantitative estimate of drug-likeness (QED) is 0.810. The first-order valence-corrected chi connectivity index (χ1v) is 6.14. The van der Waals surface area contributed by atoms with Crippen LogP contribution in [0.25, 0.3) is 0 Å². The Hall–Kier alpha value is -2.06. The second-order valence-electron chi connectivity index (χ2n) is 4.23. The average molecular weight is 262 g/mol. The predicted octanol–water partition coefficient (Wildman–Crippen LogP) is 1.73. The molecular formula is C14H18N2O3. The maximum absolute atomic E-state index is 11.0. The lowest BCUT2D eigenvalue weighted by Gasteiger charge is -2.23. The monoisotopic (exact) mass is 262 g/mol. The van der Waals surface area contributed by atoms with Gasteiger partial charge in [-0.05, 0) is 37.7 Å². The molecule has 19 heavy (non-hydrogen) atoms. The molecule has 5 nitrogen and oxygen atoms in total. The van der Waals surface area contributed by atoms with Gasteiger partial charge in [-0.2, -0.15) is 5.26 Å². The van der Waals surface area contributed by atoms with Crippen molar-refractivity contribution in [2.45, 2.75) is 19.4 Å². The summed E-state index contributed by atoms with van der Waals surface area (Å²) in [5, 5.41) is 17.7. The Morgan fingerprint density at radius 3 is 2.58 bits per heavy atom. The Morgan fingerprint density at radius 2 is 2.11 bits per heavy atom. The van der Waals surface area contributed by atoms with Crippen LogP contribution in [0.2, 0.25) is 0 Å². The smallest absolute Gasteiger partial charge is 0.320 e. The van der Waals surface area contributed by atoms with E-state index in [9.17, 15) is 4.79 Å². The Bertz CT molecular complexity index is 451. The molecule has 0 amide bonds. The minimum absolute atomic E-state index is 0.409. The molecule has 102 valence electrons. The molecule has 1 N–H and O–H groups in total. The lowest BCUT2D eigenvalue weighted by atomic mass is 10.2. The number of hydrogen-bond acceptors (Lipinski definition) is 4. The van der Waals surface area contributed by atoms with Crippen LogP contribution < -0.4 is 4.74 Å². The van der Waals surface area contributed by atoms with E-state index >= 15 is 0 Å². The molecule has 0 fully saturated rings. The number of likely N-dealkylation sites (N-methyl/N-ethyl adjacent to an activating group) is 1. The van der Waals surface area contributed by atoms with E-state index in [0.29, 0.717) is 30.9 Å². The van der Waals surface area contributed by atoms with E-state index in [1.165, 1.54) is 0 Å². The third kappa shape index (κ3) is 4.60. The largest absolute Gasteiger partial charge is 0.492 e. The molecule has 1 aromatic carbocycles. The number of carboxylic acids is 1. The van der Waals surface area contributed by atoms with Crippen molar-refractivity contribution in [1.29, 1.82) is 5.26 Å². The Kier molecular flexibility index (Phi) is 5.83. The van der Waals surface area contributed by atoms with Gasteiger partial charge in [-0.3, -0.25) is 9.69 Å². The van der Waals surface area contributed by atoms with Crippen molar-refractivity contribution < 1.29 is 14.6 Å². The van der Waals surface area contributed by atoms with Gasteiger partial charge in [-0.1, -0.05) is 6.92 Å². The van der Waals surface area contributed by atoms with Crippen molar-refractivity contribution in [1.82, 2.24) is 4.90 Å². The standard InChI is InChI=1S/C14H18N2O3/c1-3-13(14(17)18)16(2)8-9-19-12-6-4-11(10-15)5-7-12/h4-7,13H,3,8-9H2,1-2H3,(H,17,18). The minimum atomic E-state index is -0.816. The van der Waals surface area contributed by atoms with E-state index in [2.05, 4.69) is 0 Å². The first-order valence-electron chi connectivity index (χ1n) is 6.14. The number of carboxylic acid groups (broad SMARTS) is 1. The summed E-state index contributed by atoms with van der Waals surface area (Å²) in [6.45, 7) is 2.79. The normalized spacial score (nSPS) is 11.9. The van der Waals surface area contributed by atoms with E-state index in [0.717, 1.165) is 0 Å². The number of nitriles is 1. The summed E-state index contributed by atoms with van der Waals surface area (Å²) in [6, 6.07) is 8.38. The number of hydrogen-bond donors (Lipinski definition) is 1. The van der Waals surface area contributed by atoms with Gasteiger partial charge in [0.05, 0.1) is 11.6 Å². The molecule has 0 bridgehead atoms. The van der Waals surface area contributed by atoms with Crippen LogP contribution in [0.4, 0.5) is 0 Å². The van der Waals surface area contributed by atoms with E-state index in [4.69, 9.17) is 15.1 Å². The van der Waals surface area contributed by atoms with Gasteiger partial charge in [0.2, 0.25) is 0 Å². The number of carbonyl (C=O) groups is 1. The van der Waals surface area contributed by atoms with Crippen molar-refractivity contribution in [3.63, 3.8) is 0 Å². The van der Waals surface area contributed by atoms with Gasteiger partial charge in [0, 0.05) is 6.54 Å². The summed E-state index contributed by atoms with van der Waals surface area (Å²) in [4.78, 5) is 12.7. The average Bonchev–Trinajstić information content (AvgIpc) is 2.40. The minimum Gasteiger partial charge on any atom is -0.492 e. The van der Waals surface area contributed by atoms with Gasteiger partial charge in [-0.15, -0.1) is 0 Å². The zero-order valence-corrected chi connectivity index (χ0v) is 11.2. The van der Waals surface area contributed by atoms with Gasteiger partial charge < -0.3 is 9.84 Å². The van der Waals surface area contributed by atoms with Crippen molar-refractivity contribution >= 4 is 5.97 Å². The van der Waals surface area contributed by atoms with Crippen molar-refractivity contribution in [2.24, 2.45) is 0 Å². The zero-order valence-electron chi connectivity index (χ0n) is 11.2. The maximum Gasteiger partial charge on any atom is 0.320 e. The lowest BCUT2D eigenvalue weighted by Crippen LogP contribution is -2.40. The summed E-state index contributed by atoms with van der Waals surface area (Å²) in [5.74, 6) is -0.140. The summed E-state index contributed by atoms with van der Waals surface area (Å²) in [5.41, 5.74) is 0.585. The molecule has 5 heteroatoms. The van der Waals surface area contributed by atoms with Crippen molar-refractivity contribution in [2.75, 3.05) is 20.2 Å². The van der Waals surface area contributed by atoms with Crippen LogP contribution in [-0.2, 0) is 4.79 Å². The van der Waals surface area contributed by atoms with Crippen LogP contribution in [0.1, 0.15) is 18.9 Å². The van der Waals surface area contributed by atoms with Gasteiger partial charge >= 0.3 is 5.97 Å². The molecule has 1 rings (SSSR count). The first kappa shape index (κ1) is 15.0. The summed E-state index contributed by atoms with van der Waals surface area (Å²) < 4.78 is 5.51. The van der Waals surface area contributed by atoms with Crippen LogP contribution in [0.3, 0.4) is 0 Å². The van der Waals surface area contributed by atoms with Crippen LogP contribution >= 0.6 is 0 Å². The van der Waals surface area contributed by atoms with E-state index in [1.807, 2.05) is 13.0 Å². The Morgan fingerprint density at radius 1 is 1.47 bits per heavy atom. The highest BCUT2D eigenvalue weighted by molar-refractivity contribution is 5.73. The van der Waals surface area contributed by atoms with E-state index in [1.54, 1.807) is 36.2 Å². The first-order chi connectivity index (χ1) is 9.08. The molecule has 0 spiro atoms. The van der Waals surface area contributed by atoms with Gasteiger partial charge in [0.1, 0.15) is 18.4 Å². The maximum atomic E-state index is 11.0. The second kappa shape index (κ2) is 7.39. The van der Waals surface area contributed by atoms with Crippen LogP contribution in [0, 0.1) is 11.3 Å². The Balaban J connectivity index is 2.41. The third-order valence-electron chi connectivity index (χ3n) is 2.90. The lowest BCUT2D eigenvalue weighted by molar-refractivity contribution is -0.143. The van der Waals surface area contributed by atoms with E-state index < -0.39 is 12.0 Å². The molecule has 1 atom stereocenters. The molecule has 0 heterocycles. The molecule has 0 aliphatic rings. The van der Waals surface area contributed by atoms with E-state index in [-0.39, 0.29) is 0 Å². The van der Waals surface area contributed by atoms with Gasteiger partial charge in [-0.25, -0.2) is 0 Å². The number of rotatable bonds is 7. The van der Waals surface area contributed by atoms with Crippen molar-refractivity contribution in [3.05, 3.63) is 29.8 Å². The Labute approximate surface area is 113 Å². The molecule has 0 radical (unpaired) electrons. The summed E-state index contributed by atoms with van der Waals surface area (Å²) >= 11 is 0. The van der Waals surface area contributed by atoms with Crippen LogP contribution in [0.15, 0.2) is 24.3 Å². The molecule has 1 unspecified atom stereocenters. The molecule has 0 aromatic heterocycles. The fourth-order valence-corrected chi connectivity index (χ4v) is 1.76. The number of nitrogens with zero attached hydrogens (tertiary/aromatic N) is 2. The highest BCUT2D eigenvalue weighted by Gasteiger charge is 2.19. The molecular weight excluding hydrogens is 244 g/mol.